The van der Waals surface area contributed by atoms with Gasteiger partial charge >= 0.3 is 0 Å². The van der Waals surface area contributed by atoms with E-state index in [1.165, 1.54) is 25.0 Å². The summed E-state index contributed by atoms with van der Waals surface area (Å²) >= 11 is 0. The van der Waals surface area contributed by atoms with Gasteiger partial charge in [-0.1, -0.05) is 0 Å². The summed E-state index contributed by atoms with van der Waals surface area (Å²) in [5, 5.41) is 3.53. The van der Waals surface area contributed by atoms with Gasteiger partial charge < -0.3 is 10.2 Å². The first kappa shape index (κ1) is 11.0. The zero-order valence-corrected chi connectivity index (χ0v) is 9.63. The predicted molar refractivity (Wildman–Crippen MR) is 63.1 cm³/mol. The van der Waals surface area contributed by atoms with Crippen LogP contribution in [0.1, 0.15) is 19.3 Å². The molecule has 1 aromatic rings. The minimum Gasteiger partial charge on any atom is -0.367 e. The highest BCUT2D eigenvalue weighted by Gasteiger charge is 2.30. The maximum Gasteiger partial charge on any atom is 0.146 e. The fourth-order valence-electron chi connectivity index (χ4n) is 2.43. The lowest BCUT2D eigenvalue weighted by Gasteiger charge is -2.19. The first-order valence-corrected chi connectivity index (χ1v) is 6.18. The van der Waals surface area contributed by atoms with Crippen LogP contribution < -0.4 is 10.2 Å². The van der Waals surface area contributed by atoms with Gasteiger partial charge in [0, 0.05) is 31.2 Å². The van der Waals surface area contributed by atoms with Crippen molar-refractivity contribution >= 4 is 5.69 Å². The molecule has 2 fully saturated rings. The van der Waals surface area contributed by atoms with Crippen LogP contribution in [0.2, 0.25) is 0 Å². The van der Waals surface area contributed by atoms with Crippen molar-refractivity contribution in [3.63, 3.8) is 0 Å². The molecule has 3 rings (SSSR count). The second-order valence-electron chi connectivity index (χ2n) is 4.97. The molecular weight excluding hydrogens is 222 g/mol. The average Bonchev–Trinajstić information content (AvgIpc) is 2.99. The van der Waals surface area contributed by atoms with E-state index < -0.39 is 0 Å². The Kier molecular flexibility index (Phi) is 2.74. The van der Waals surface area contributed by atoms with Crippen molar-refractivity contribution < 1.29 is 8.78 Å². The summed E-state index contributed by atoms with van der Waals surface area (Å²) in [5.74, 6) is -0.710. The van der Waals surface area contributed by atoms with Crippen molar-refractivity contribution in [3.8, 4) is 0 Å². The molecular formula is C13H16F2N2. The molecule has 0 aromatic heterocycles. The molecule has 1 heterocycles. The summed E-state index contributed by atoms with van der Waals surface area (Å²) in [5.41, 5.74) is 0.394. The van der Waals surface area contributed by atoms with E-state index in [0.29, 0.717) is 17.8 Å². The van der Waals surface area contributed by atoms with Crippen LogP contribution in [0.5, 0.6) is 0 Å². The lowest BCUT2D eigenvalue weighted by molar-refractivity contribution is 0.547. The number of benzene rings is 1. The van der Waals surface area contributed by atoms with Crippen molar-refractivity contribution in [2.45, 2.75) is 31.3 Å². The Bertz CT molecular complexity index is 418. The number of hydrogen-bond donors (Lipinski definition) is 1. The molecule has 1 saturated carbocycles. The van der Waals surface area contributed by atoms with E-state index in [1.807, 2.05) is 4.90 Å². The smallest absolute Gasteiger partial charge is 0.146 e. The zero-order valence-electron chi connectivity index (χ0n) is 9.63. The van der Waals surface area contributed by atoms with Crippen LogP contribution in [0.25, 0.3) is 0 Å². The SMILES string of the molecule is Fc1ccc(F)c(N2CCC(NC3CC3)C2)c1. The van der Waals surface area contributed by atoms with Gasteiger partial charge in [-0.15, -0.1) is 0 Å². The van der Waals surface area contributed by atoms with Crippen LogP contribution in [0.3, 0.4) is 0 Å². The van der Waals surface area contributed by atoms with Crippen LogP contribution in [-0.2, 0) is 0 Å². The van der Waals surface area contributed by atoms with Gasteiger partial charge in [-0.2, -0.15) is 0 Å². The Balaban J connectivity index is 1.69. The second kappa shape index (κ2) is 4.26. The molecule has 0 spiro atoms. The van der Waals surface area contributed by atoms with E-state index in [4.69, 9.17) is 0 Å². The third-order valence-corrected chi connectivity index (χ3v) is 3.49. The van der Waals surface area contributed by atoms with Crippen molar-refractivity contribution in [2.75, 3.05) is 18.0 Å². The first-order chi connectivity index (χ1) is 8.22. The van der Waals surface area contributed by atoms with E-state index in [-0.39, 0.29) is 11.6 Å². The minimum atomic E-state index is -0.375. The topological polar surface area (TPSA) is 15.3 Å². The van der Waals surface area contributed by atoms with Gasteiger partial charge in [0.15, 0.2) is 0 Å². The number of halogens is 2. The van der Waals surface area contributed by atoms with Crippen molar-refractivity contribution in [3.05, 3.63) is 29.8 Å². The number of nitrogens with one attached hydrogen (secondary N) is 1. The molecule has 1 N–H and O–H groups in total. The molecule has 1 unspecified atom stereocenters. The molecule has 4 heteroatoms. The standard InChI is InChI=1S/C13H16F2N2/c14-9-1-4-12(15)13(7-9)17-6-5-11(8-17)16-10-2-3-10/h1,4,7,10-11,16H,2-3,5-6,8H2. The van der Waals surface area contributed by atoms with Crippen LogP contribution >= 0.6 is 0 Å². The first-order valence-electron chi connectivity index (χ1n) is 6.18. The molecule has 1 aliphatic heterocycles. The molecule has 1 atom stereocenters. The zero-order chi connectivity index (χ0) is 11.8. The van der Waals surface area contributed by atoms with Crippen molar-refractivity contribution in [1.82, 2.24) is 5.32 Å². The number of rotatable bonds is 3. The van der Waals surface area contributed by atoms with Gasteiger partial charge in [-0.3, -0.25) is 0 Å². The maximum atomic E-state index is 13.6. The number of nitrogens with zero attached hydrogens (tertiary/aromatic N) is 1. The molecule has 1 aromatic carbocycles. The Labute approximate surface area is 99.6 Å². The van der Waals surface area contributed by atoms with Crippen LogP contribution in [0.4, 0.5) is 14.5 Å². The van der Waals surface area contributed by atoms with Gasteiger partial charge in [0.25, 0.3) is 0 Å². The average molecular weight is 238 g/mol. The van der Waals surface area contributed by atoms with Gasteiger partial charge in [0.05, 0.1) is 5.69 Å². The largest absolute Gasteiger partial charge is 0.367 e. The minimum absolute atomic E-state index is 0.335. The molecule has 17 heavy (non-hydrogen) atoms. The monoisotopic (exact) mass is 238 g/mol. The van der Waals surface area contributed by atoms with Gasteiger partial charge in [-0.25, -0.2) is 8.78 Å². The third-order valence-electron chi connectivity index (χ3n) is 3.49. The molecule has 2 nitrogen and oxygen atoms in total. The summed E-state index contributed by atoms with van der Waals surface area (Å²) in [7, 11) is 0. The molecule has 92 valence electrons. The van der Waals surface area contributed by atoms with Crippen molar-refractivity contribution in [2.24, 2.45) is 0 Å². The van der Waals surface area contributed by atoms with Crippen LogP contribution in [0.15, 0.2) is 18.2 Å². The Hall–Kier alpha value is -1.16. The lowest BCUT2D eigenvalue weighted by Crippen LogP contribution is -2.34. The second-order valence-corrected chi connectivity index (χ2v) is 4.97. The van der Waals surface area contributed by atoms with E-state index >= 15 is 0 Å². The summed E-state index contributed by atoms with van der Waals surface area (Å²) in [6.45, 7) is 1.57. The molecule has 0 radical (unpaired) electrons. The Morgan fingerprint density at radius 2 is 1.94 bits per heavy atom. The Morgan fingerprint density at radius 3 is 2.71 bits per heavy atom. The molecule has 1 saturated heterocycles. The summed E-state index contributed by atoms with van der Waals surface area (Å²) in [4.78, 5) is 1.93. The number of anilines is 1. The fraction of sp³-hybridized carbons (Fsp3) is 0.538. The van der Waals surface area contributed by atoms with Crippen LogP contribution in [-0.4, -0.2) is 25.2 Å². The fourth-order valence-corrected chi connectivity index (χ4v) is 2.43. The summed E-state index contributed by atoms with van der Waals surface area (Å²) < 4.78 is 26.7. The molecule has 1 aliphatic carbocycles. The van der Waals surface area contributed by atoms with E-state index in [1.54, 1.807) is 0 Å². The highest BCUT2D eigenvalue weighted by Crippen LogP contribution is 2.26. The van der Waals surface area contributed by atoms with Crippen LogP contribution in [0, 0.1) is 11.6 Å². The van der Waals surface area contributed by atoms with E-state index in [9.17, 15) is 8.78 Å². The van der Waals surface area contributed by atoms with Gasteiger partial charge in [-0.05, 0) is 31.4 Å². The van der Waals surface area contributed by atoms with Gasteiger partial charge in [0.1, 0.15) is 11.6 Å². The maximum absolute atomic E-state index is 13.6. The highest BCUT2D eigenvalue weighted by molar-refractivity contribution is 5.49. The predicted octanol–water partition coefficient (Wildman–Crippen LogP) is 2.30. The normalized spacial score (nSPS) is 24.4. The van der Waals surface area contributed by atoms with E-state index in [0.717, 1.165) is 25.6 Å². The van der Waals surface area contributed by atoms with Gasteiger partial charge in [0.2, 0.25) is 0 Å². The Morgan fingerprint density at radius 1 is 1.12 bits per heavy atom. The molecule has 2 aliphatic rings. The van der Waals surface area contributed by atoms with E-state index in [2.05, 4.69) is 5.32 Å². The summed E-state index contributed by atoms with van der Waals surface area (Å²) in [6, 6.07) is 4.73. The lowest BCUT2D eigenvalue weighted by atomic mass is 10.2. The quantitative estimate of drug-likeness (QED) is 0.869. The number of hydrogen-bond acceptors (Lipinski definition) is 2. The third kappa shape index (κ3) is 2.41. The molecule has 0 bridgehead atoms. The molecule has 0 amide bonds. The summed E-state index contributed by atoms with van der Waals surface area (Å²) in [6.07, 6.45) is 3.52. The highest BCUT2D eigenvalue weighted by atomic mass is 19.1. The van der Waals surface area contributed by atoms with Crippen molar-refractivity contribution in [1.29, 1.82) is 0 Å².